The molecule has 4 bridgehead atoms. The van der Waals surface area contributed by atoms with Crippen LogP contribution in [0.2, 0.25) is 0 Å². The van der Waals surface area contributed by atoms with Crippen molar-refractivity contribution in [2.24, 2.45) is 17.3 Å². The molecule has 4 aliphatic carbocycles. The lowest BCUT2D eigenvalue weighted by Gasteiger charge is -2.62. The molecule has 0 spiro atoms. The predicted molar refractivity (Wildman–Crippen MR) is 190 cm³/mol. The zero-order chi connectivity index (χ0) is 34.6. The molecule has 50 heavy (non-hydrogen) atoms. The van der Waals surface area contributed by atoms with Crippen molar-refractivity contribution < 1.29 is 30.4 Å². The fourth-order valence-electron chi connectivity index (χ4n) is 9.57. The van der Waals surface area contributed by atoms with Crippen molar-refractivity contribution in [1.82, 2.24) is 0 Å². The van der Waals surface area contributed by atoms with Gasteiger partial charge in [-0.1, -0.05) is 97.1 Å². The number of ether oxygens (including phenoxy) is 1. The Morgan fingerprint density at radius 2 is 1.18 bits per heavy atom. The fourth-order valence-corrected chi connectivity index (χ4v) is 14.6. The van der Waals surface area contributed by atoms with Gasteiger partial charge < -0.3 is 4.74 Å². The molecule has 5 aromatic rings. The van der Waals surface area contributed by atoms with Gasteiger partial charge in [0.1, 0.15) is 0 Å². The van der Waals surface area contributed by atoms with Crippen LogP contribution in [0, 0.1) is 17.3 Å². The molecule has 4 saturated carbocycles. The van der Waals surface area contributed by atoms with Crippen LogP contribution in [0.5, 0.6) is 0 Å². The maximum atomic E-state index is 16.2. The highest BCUT2D eigenvalue weighted by molar-refractivity contribution is 8.33. The molecule has 0 aromatic heterocycles. The number of carbonyl (C=O) groups is 1. The first-order valence-electron chi connectivity index (χ1n) is 17.0. The van der Waals surface area contributed by atoms with Crippen molar-refractivity contribution in [2.75, 3.05) is 6.61 Å². The molecule has 2 unspecified atom stereocenters. The van der Waals surface area contributed by atoms with Crippen molar-refractivity contribution in [3.63, 3.8) is 0 Å². The van der Waals surface area contributed by atoms with E-state index < -0.39 is 37.1 Å². The van der Waals surface area contributed by atoms with Gasteiger partial charge in [-0.15, -0.1) is 0 Å². The summed E-state index contributed by atoms with van der Waals surface area (Å²) < 4.78 is 71.3. The molecule has 0 saturated heterocycles. The van der Waals surface area contributed by atoms with E-state index in [1.165, 1.54) is 10.9 Å². The summed E-state index contributed by atoms with van der Waals surface area (Å²) in [7, 11) is -9.18. The van der Waals surface area contributed by atoms with Crippen molar-refractivity contribution in [2.45, 2.75) is 63.9 Å². The van der Waals surface area contributed by atoms with Gasteiger partial charge in [0, 0.05) is 20.1 Å². The van der Waals surface area contributed by atoms with E-state index in [1.807, 2.05) is 12.1 Å². The molecule has 0 aliphatic heterocycles. The molecular formula is C41H38F2O5S2. The van der Waals surface area contributed by atoms with Gasteiger partial charge in [-0.2, -0.15) is 17.2 Å². The van der Waals surface area contributed by atoms with Crippen molar-refractivity contribution in [1.29, 1.82) is 0 Å². The van der Waals surface area contributed by atoms with Crippen LogP contribution < -0.4 is 0 Å². The summed E-state index contributed by atoms with van der Waals surface area (Å²) in [6, 6.07) is 40.0. The van der Waals surface area contributed by atoms with Crippen LogP contribution >= 0.6 is 10.3 Å². The number of rotatable bonds is 10. The van der Waals surface area contributed by atoms with Crippen LogP contribution in [0.25, 0.3) is 10.8 Å². The molecule has 2 atom stereocenters. The Morgan fingerprint density at radius 3 is 1.74 bits per heavy atom. The highest BCUT2D eigenvalue weighted by atomic mass is 32.3. The highest BCUT2D eigenvalue weighted by Gasteiger charge is 2.62. The predicted octanol–water partition coefficient (Wildman–Crippen LogP) is 10.1. The third-order valence-electron chi connectivity index (χ3n) is 11.0. The van der Waals surface area contributed by atoms with Gasteiger partial charge in [0.2, 0.25) is 0 Å². The van der Waals surface area contributed by atoms with E-state index in [9.17, 15) is 13.2 Å². The van der Waals surface area contributed by atoms with Gasteiger partial charge in [-0.3, -0.25) is 0 Å². The summed E-state index contributed by atoms with van der Waals surface area (Å²) in [6.45, 7) is -0.259. The lowest BCUT2D eigenvalue weighted by molar-refractivity contribution is -0.173. The largest absolute Gasteiger partial charge is 0.466 e. The average molecular weight is 713 g/mol. The van der Waals surface area contributed by atoms with Crippen LogP contribution in [0.4, 0.5) is 8.78 Å². The van der Waals surface area contributed by atoms with Gasteiger partial charge in [0.25, 0.3) is 0 Å². The average Bonchev–Trinajstić information content (AvgIpc) is 3.13. The van der Waals surface area contributed by atoms with Crippen LogP contribution in [-0.2, 0) is 28.7 Å². The quantitative estimate of drug-likeness (QED) is 0.135. The monoisotopic (exact) mass is 712 g/mol. The highest BCUT2D eigenvalue weighted by Crippen LogP contribution is 2.71. The number of halogens is 2. The van der Waals surface area contributed by atoms with E-state index in [2.05, 4.69) is 30.3 Å². The lowest BCUT2D eigenvalue weighted by Crippen LogP contribution is -2.56. The van der Waals surface area contributed by atoms with E-state index in [0.717, 1.165) is 37.5 Å². The molecule has 4 aliphatic rings. The second kappa shape index (κ2) is 12.3. The smallest absolute Gasteiger partial charge is 0.460 e. The van der Waals surface area contributed by atoms with Crippen LogP contribution in [-0.4, -0.2) is 26.2 Å². The summed E-state index contributed by atoms with van der Waals surface area (Å²) in [5.74, 6) is -1.34. The molecule has 5 aromatic carbocycles. The third kappa shape index (κ3) is 5.45. The van der Waals surface area contributed by atoms with Gasteiger partial charge >= 0.3 is 21.3 Å². The minimum Gasteiger partial charge on any atom is -0.460 e. The molecule has 0 N–H and O–H groups in total. The number of hydrogen-bond acceptors (Lipinski definition) is 5. The molecule has 0 heterocycles. The SMILES string of the molecule is O=C(OCC12CC3CC(C1)CC(c1cccc4ccccc14)(C3)C2)C(F)(F)S(=O)(=O)OS(c1ccccc1)(c1ccccc1)c1ccccc1. The second-order valence-corrected chi connectivity index (χ2v) is 18.9. The normalized spacial score (nSPS) is 25.0. The lowest BCUT2D eigenvalue weighted by atomic mass is 9.43. The maximum Gasteiger partial charge on any atom is 0.466 e. The first kappa shape index (κ1) is 33.1. The third-order valence-corrected chi connectivity index (χ3v) is 16.2. The molecule has 9 rings (SSSR count). The summed E-state index contributed by atoms with van der Waals surface area (Å²) in [5, 5.41) is -2.61. The minimum absolute atomic E-state index is 0.154. The van der Waals surface area contributed by atoms with Crippen LogP contribution in [0.3, 0.4) is 0 Å². The molecule has 0 radical (unpaired) electrons. The second-order valence-electron chi connectivity index (χ2n) is 14.4. The maximum absolute atomic E-state index is 16.2. The van der Waals surface area contributed by atoms with E-state index in [4.69, 9.17) is 8.37 Å². The Balaban J connectivity index is 1.10. The number of esters is 1. The Bertz CT molecular complexity index is 2030. The Hall–Kier alpha value is -4.05. The molecule has 0 amide bonds. The van der Waals surface area contributed by atoms with Crippen LogP contribution in [0.15, 0.2) is 148 Å². The number of alkyl halides is 2. The first-order chi connectivity index (χ1) is 24.1. The standard InChI is InChI=1S/C41H38F2O5S2/c42-41(43,50(45,46)48-49(33-15-4-1-5-16-33,34-17-6-2-7-18-34)35-19-8-3-9-20-35)38(44)47-29-39-24-30-23-31(25-39)27-40(26-30,28-39)37-22-12-14-32-13-10-11-21-36(32)37/h1-22,30-31H,23-29H2. The summed E-state index contributed by atoms with van der Waals surface area (Å²) in [5.41, 5.74) is 0.604. The number of fused-ring (bicyclic) bond motifs is 1. The van der Waals surface area contributed by atoms with E-state index in [-0.39, 0.29) is 12.0 Å². The zero-order valence-corrected chi connectivity index (χ0v) is 29.1. The minimum atomic E-state index is -5.89. The first-order valence-corrected chi connectivity index (χ1v) is 20.0. The van der Waals surface area contributed by atoms with E-state index in [1.54, 1.807) is 91.0 Å². The molecule has 5 nitrogen and oxygen atoms in total. The van der Waals surface area contributed by atoms with Crippen LogP contribution in [0.1, 0.15) is 44.1 Å². The fraction of sp³-hybridized carbons (Fsp3) is 0.293. The van der Waals surface area contributed by atoms with Gasteiger partial charge in [-0.25, -0.2) is 8.42 Å². The summed E-state index contributed by atoms with van der Waals surface area (Å²) in [6.07, 6.45) is 5.32. The number of hydrogen-bond donors (Lipinski definition) is 0. The molecule has 4 fully saturated rings. The Labute approximate surface area is 293 Å². The summed E-state index contributed by atoms with van der Waals surface area (Å²) in [4.78, 5) is 14.6. The van der Waals surface area contributed by atoms with Crippen molar-refractivity contribution >= 4 is 37.2 Å². The molecule has 258 valence electrons. The van der Waals surface area contributed by atoms with E-state index in [0.29, 0.717) is 32.9 Å². The van der Waals surface area contributed by atoms with Gasteiger partial charge in [0.05, 0.1) is 6.61 Å². The number of carbonyl (C=O) groups excluding carboxylic acids is 1. The Kier molecular flexibility index (Phi) is 8.16. The number of benzene rings is 5. The van der Waals surface area contributed by atoms with Crippen molar-refractivity contribution in [3.05, 3.63) is 139 Å². The molecular weight excluding hydrogens is 675 g/mol. The van der Waals surface area contributed by atoms with Gasteiger partial charge in [-0.05, 0) is 119 Å². The Morgan fingerprint density at radius 1 is 0.680 bits per heavy atom. The summed E-state index contributed by atoms with van der Waals surface area (Å²) >= 11 is 0. The molecule has 9 heteroatoms. The topological polar surface area (TPSA) is 69.7 Å². The van der Waals surface area contributed by atoms with E-state index >= 15 is 8.78 Å². The zero-order valence-electron chi connectivity index (χ0n) is 27.4. The van der Waals surface area contributed by atoms with Gasteiger partial charge in [0.15, 0.2) is 0 Å². The van der Waals surface area contributed by atoms with Crippen molar-refractivity contribution in [3.8, 4) is 0 Å².